The first-order chi connectivity index (χ1) is 10.4. The summed E-state index contributed by atoms with van der Waals surface area (Å²) in [6.45, 7) is 1.90. The van der Waals surface area contributed by atoms with E-state index in [1.165, 1.54) is 6.07 Å². The van der Waals surface area contributed by atoms with Crippen LogP contribution in [0.5, 0.6) is 5.75 Å². The largest absolute Gasteiger partial charge is 0.496 e. The van der Waals surface area contributed by atoms with Crippen molar-refractivity contribution in [2.75, 3.05) is 12.5 Å². The molecule has 0 aliphatic carbocycles. The summed E-state index contributed by atoms with van der Waals surface area (Å²) in [5.41, 5.74) is 3.57. The van der Waals surface area contributed by atoms with Crippen molar-refractivity contribution in [3.63, 3.8) is 0 Å². The Hall–Kier alpha value is -2.57. The number of nitrogens with one attached hydrogen (secondary N) is 1. The lowest BCUT2D eigenvalue weighted by molar-refractivity contribution is -0.137. The van der Waals surface area contributed by atoms with Crippen LogP contribution in [0.2, 0.25) is 0 Å². The fourth-order valence-electron chi connectivity index (χ4n) is 1.78. The van der Waals surface area contributed by atoms with Crippen molar-refractivity contribution in [2.24, 2.45) is 5.10 Å². The molecule has 0 radical (unpaired) electrons. The highest BCUT2D eigenvalue weighted by atomic mass is 19.4. The van der Waals surface area contributed by atoms with Crippen LogP contribution in [0.25, 0.3) is 0 Å². The van der Waals surface area contributed by atoms with Crippen molar-refractivity contribution in [1.29, 1.82) is 0 Å². The molecule has 4 nitrogen and oxygen atoms in total. The van der Waals surface area contributed by atoms with Gasteiger partial charge < -0.3 is 4.74 Å². The van der Waals surface area contributed by atoms with Gasteiger partial charge in [-0.15, -0.1) is 0 Å². The lowest BCUT2D eigenvalue weighted by Gasteiger charge is -2.06. The molecule has 0 atom stereocenters. The van der Waals surface area contributed by atoms with Crippen molar-refractivity contribution >= 4 is 12.0 Å². The van der Waals surface area contributed by atoms with Gasteiger partial charge >= 0.3 is 6.18 Å². The first-order valence-corrected chi connectivity index (χ1v) is 6.37. The molecule has 0 aliphatic rings. The number of halogens is 3. The zero-order valence-electron chi connectivity index (χ0n) is 12.0. The number of aryl methyl sites for hydroxylation is 1. The van der Waals surface area contributed by atoms with E-state index in [2.05, 4.69) is 15.5 Å². The summed E-state index contributed by atoms with van der Waals surface area (Å²) in [6.07, 6.45) is -2.09. The van der Waals surface area contributed by atoms with Crippen LogP contribution in [0.1, 0.15) is 16.7 Å². The molecular formula is C15H14F3N3O. The molecule has 116 valence electrons. The first-order valence-electron chi connectivity index (χ1n) is 6.37. The van der Waals surface area contributed by atoms with Gasteiger partial charge in [-0.25, -0.2) is 4.98 Å². The SMILES string of the molecule is COc1ccc(/C=N\Nc2ccc(C(F)(F)F)cn2)cc1C. The predicted octanol–water partition coefficient (Wildman–Crippen LogP) is 3.86. The number of benzene rings is 1. The van der Waals surface area contributed by atoms with E-state index in [0.29, 0.717) is 0 Å². The molecule has 0 spiro atoms. The zero-order chi connectivity index (χ0) is 16.2. The fourth-order valence-corrected chi connectivity index (χ4v) is 1.78. The summed E-state index contributed by atoms with van der Waals surface area (Å²) >= 11 is 0. The van der Waals surface area contributed by atoms with Gasteiger partial charge in [0.1, 0.15) is 11.6 Å². The normalized spacial score (nSPS) is 11.7. The minimum absolute atomic E-state index is 0.231. The Balaban J connectivity index is 2.02. The number of anilines is 1. The molecule has 2 rings (SSSR count). The highest BCUT2D eigenvalue weighted by Gasteiger charge is 2.30. The molecule has 7 heteroatoms. The third-order valence-corrected chi connectivity index (χ3v) is 2.90. The molecule has 0 bridgehead atoms. The zero-order valence-corrected chi connectivity index (χ0v) is 12.0. The maximum absolute atomic E-state index is 12.4. The minimum Gasteiger partial charge on any atom is -0.496 e. The molecule has 0 fully saturated rings. The molecular weight excluding hydrogens is 295 g/mol. The van der Waals surface area contributed by atoms with Gasteiger partial charge in [0.15, 0.2) is 0 Å². The van der Waals surface area contributed by atoms with Crippen LogP contribution in [-0.4, -0.2) is 18.3 Å². The Labute approximate surface area is 125 Å². The summed E-state index contributed by atoms with van der Waals surface area (Å²) < 4.78 is 42.3. The number of nitrogens with zero attached hydrogens (tertiary/aromatic N) is 2. The van der Waals surface area contributed by atoms with E-state index in [1.54, 1.807) is 13.3 Å². The maximum atomic E-state index is 12.4. The first kappa shape index (κ1) is 15.8. The Morgan fingerprint density at radius 2 is 2.00 bits per heavy atom. The van der Waals surface area contributed by atoms with Gasteiger partial charge in [0.05, 0.1) is 18.9 Å². The molecule has 0 saturated carbocycles. The Morgan fingerprint density at radius 1 is 1.23 bits per heavy atom. The maximum Gasteiger partial charge on any atom is 0.417 e. The molecule has 1 aromatic carbocycles. The molecule has 1 N–H and O–H groups in total. The second-order valence-corrected chi connectivity index (χ2v) is 4.53. The number of pyridine rings is 1. The molecule has 0 saturated heterocycles. The number of rotatable bonds is 4. The number of aromatic nitrogens is 1. The average molecular weight is 309 g/mol. The third kappa shape index (κ3) is 3.97. The Morgan fingerprint density at radius 3 is 2.55 bits per heavy atom. The van der Waals surface area contributed by atoms with E-state index in [4.69, 9.17) is 4.74 Å². The van der Waals surface area contributed by atoms with Crippen LogP contribution in [0.15, 0.2) is 41.6 Å². The smallest absolute Gasteiger partial charge is 0.417 e. The van der Waals surface area contributed by atoms with Gasteiger partial charge in [0, 0.05) is 6.20 Å². The van der Waals surface area contributed by atoms with Gasteiger partial charge in [-0.2, -0.15) is 18.3 Å². The van der Waals surface area contributed by atoms with Crippen LogP contribution in [-0.2, 0) is 6.18 Å². The van der Waals surface area contributed by atoms with Crippen LogP contribution in [0.3, 0.4) is 0 Å². The number of alkyl halides is 3. The fraction of sp³-hybridized carbons (Fsp3) is 0.200. The second-order valence-electron chi connectivity index (χ2n) is 4.53. The van der Waals surface area contributed by atoms with Crippen LogP contribution >= 0.6 is 0 Å². The van der Waals surface area contributed by atoms with Crippen molar-refractivity contribution in [2.45, 2.75) is 13.1 Å². The second kappa shape index (κ2) is 6.46. The number of hydrazone groups is 1. The van der Waals surface area contributed by atoms with E-state index in [9.17, 15) is 13.2 Å². The highest BCUT2D eigenvalue weighted by Crippen LogP contribution is 2.28. The van der Waals surface area contributed by atoms with E-state index >= 15 is 0 Å². The Bertz CT molecular complexity index is 667. The summed E-state index contributed by atoms with van der Waals surface area (Å²) in [5, 5.41) is 3.94. The third-order valence-electron chi connectivity index (χ3n) is 2.90. The standard InChI is InChI=1S/C15H14F3N3O/c1-10-7-11(3-5-13(10)22-2)8-20-21-14-6-4-12(9-19-14)15(16,17)18/h3-9H,1-2H3,(H,19,21)/b20-8-. The van der Waals surface area contributed by atoms with Crippen molar-refractivity contribution < 1.29 is 17.9 Å². The van der Waals surface area contributed by atoms with E-state index in [-0.39, 0.29) is 5.82 Å². The van der Waals surface area contributed by atoms with Crippen LogP contribution < -0.4 is 10.2 Å². The van der Waals surface area contributed by atoms with Gasteiger partial charge in [-0.3, -0.25) is 5.43 Å². The number of hydrogen-bond acceptors (Lipinski definition) is 4. The van der Waals surface area contributed by atoms with Gasteiger partial charge in [-0.1, -0.05) is 0 Å². The monoisotopic (exact) mass is 309 g/mol. The topological polar surface area (TPSA) is 46.5 Å². The summed E-state index contributed by atoms with van der Waals surface area (Å²) in [4.78, 5) is 3.66. The predicted molar refractivity (Wildman–Crippen MR) is 78.2 cm³/mol. The number of hydrogen-bond donors (Lipinski definition) is 1. The quantitative estimate of drug-likeness (QED) is 0.689. The lowest BCUT2D eigenvalue weighted by atomic mass is 10.1. The highest BCUT2D eigenvalue weighted by molar-refractivity contribution is 5.80. The molecule has 22 heavy (non-hydrogen) atoms. The lowest BCUT2D eigenvalue weighted by Crippen LogP contribution is -2.05. The van der Waals surface area contributed by atoms with Gasteiger partial charge in [0.25, 0.3) is 0 Å². The van der Waals surface area contributed by atoms with Crippen LogP contribution in [0.4, 0.5) is 19.0 Å². The van der Waals surface area contributed by atoms with E-state index in [1.807, 2.05) is 25.1 Å². The van der Waals surface area contributed by atoms with E-state index < -0.39 is 11.7 Å². The summed E-state index contributed by atoms with van der Waals surface area (Å²) in [6, 6.07) is 7.68. The number of ether oxygens (including phenoxy) is 1. The van der Waals surface area contributed by atoms with Crippen molar-refractivity contribution in [1.82, 2.24) is 4.98 Å². The van der Waals surface area contributed by atoms with E-state index in [0.717, 1.165) is 29.1 Å². The van der Waals surface area contributed by atoms with Gasteiger partial charge in [-0.05, 0) is 48.4 Å². The molecule has 0 unspecified atom stereocenters. The Kier molecular flexibility index (Phi) is 4.65. The summed E-state index contributed by atoms with van der Waals surface area (Å²) in [7, 11) is 1.59. The molecule has 0 aliphatic heterocycles. The molecule has 0 amide bonds. The van der Waals surface area contributed by atoms with Crippen LogP contribution in [0, 0.1) is 6.92 Å². The average Bonchev–Trinajstić information content (AvgIpc) is 2.47. The minimum atomic E-state index is -4.39. The van der Waals surface area contributed by atoms with Gasteiger partial charge in [0.2, 0.25) is 0 Å². The molecule has 1 aromatic heterocycles. The molecule has 1 heterocycles. The molecule has 2 aromatic rings. The van der Waals surface area contributed by atoms with Crippen molar-refractivity contribution in [3.05, 3.63) is 53.2 Å². The van der Waals surface area contributed by atoms with Crippen molar-refractivity contribution in [3.8, 4) is 5.75 Å². The summed E-state index contributed by atoms with van der Waals surface area (Å²) in [5.74, 6) is 1.00. The number of methoxy groups -OCH3 is 1.